The van der Waals surface area contributed by atoms with Crippen molar-refractivity contribution in [1.82, 2.24) is 9.88 Å². The number of rotatable bonds is 5. The number of phenolic OH excluding ortho intramolecular Hbond substituents is 1. The first-order valence-corrected chi connectivity index (χ1v) is 7.40. The van der Waals surface area contributed by atoms with Crippen molar-refractivity contribution in [2.45, 2.75) is 33.7 Å². The number of phenols is 1. The minimum atomic E-state index is 0.219. The number of aromatic hydroxyl groups is 1. The van der Waals surface area contributed by atoms with E-state index >= 15 is 0 Å². The third kappa shape index (κ3) is 2.63. The maximum atomic E-state index is 10.6. The largest absolute Gasteiger partial charge is 0.505 e. The Hall–Kier alpha value is -1.61. The second kappa shape index (κ2) is 6.23. The summed E-state index contributed by atoms with van der Waals surface area (Å²) in [6, 6.07) is 8.19. The van der Waals surface area contributed by atoms with E-state index in [1.165, 1.54) is 0 Å². The molecule has 0 saturated carbocycles. The van der Waals surface area contributed by atoms with Crippen LogP contribution in [0.1, 0.15) is 39.3 Å². The van der Waals surface area contributed by atoms with Crippen LogP contribution in [0, 0.1) is 5.92 Å². The van der Waals surface area contributed by atoms with Crippen molar-refractivity contribution in [3.8, 4) is 5.75 Å². The molecule has 0 fully saturated rings. The summed E-state index contributed by atoms with van der Waals surface area (Å²) in [4.78, 5) is 6.71. The van der Waals surface area contributed by atoms with Crippen molar-refractivity contribution >= 4 is 10.9 Å². The van der Waals surface area contributed by atoms with Gasteiger partial charge >= 0.3 is 0 Å². The molecule has 1 aromatic heterocycles. The van der Waals surface area contributed by atoms with Gasteiger partial charge in [0.15, 0.2) is 0 Å². The molecule has 1 heterocycles. The highest BCUT2D eigenvalue weighted by molar-refractivity contribution is 5.85. The van der Waals surface area contributed by atoms with Crippen LogP contribution in [0.15, 0.2) is 30.5 Å². The van der Waals surface area contributed by atoms with Crippen LogP contribution in [0.25, 0.3) is 10.9 Å². The Kier molecular flexibility index (Phi) is 4.61. The fourth-order valence-corrected chi connectivity index (χ4v) is 2.98. The van der Waals surface area contributed by atoms with Gasteiger partial charge in [-0.1, -0.05) is 45.9 Å². The zero-order chi connectivity index (χ0) is 14.7. The Morgan fingerprint density at radius 2 is 1.85 bits per heavy atom. The lowest BCUT2D eigenvalue weighted by Gasteiger charge is -2.33. The van der Waals surface area contributed by atoms with Gasteiger partial charge in [0, 0.05) is 23.2 Å². The fraction of sp³-hybridized carbons (Fsp3) is 0.471. The molecular formula is C17H24N2O. The lowest BCUT2D eigenvalue weighted by atomic mass is 9.92. The van der Waals surface area contributed by atoms with Gasteiger partial charge in [0.25, 0.3) is 0 Å². The second-order valence-corrected chi connectivity index (χ2v) is 5.49. The van der Waals surface area contributed by atoms with E-state index in [0.717, 1.165) is 24.0 Å². The number of benzene rings is 1. The summed E-state index contributed by atoms with van der Waals surface area (Å²) < 4.78 is 0. The molecule has 1 atom stereocenters. The minimum Gasteiger partial charge on any atom is -0.505 e. The zero-order valence-corrected chi connectivity index (χ0v) is 12.8. The number of hydrogen-bond donors (Lipinski definition) is 1. The highest BCUT2D eigenvalue weighted by atomic mass is 16.3. The van der Waals surface area contributed by atoms with E-state index in [0.29, 0.717) is 17.2 Å². The predicted molar refractivity (Wildman–Crippen MR) is 83.9 cm³/mol. The molecule has 0 aliphatic carbocycles. The molecule has 1 aromatic carbocycles. The summed E-state index contributed by atoms with van der Waals surface area (Å²) in [6.45, 7) is 10.7. The Labute approximate surface area is 121 Å². The number of nitrogens with zero attached hydrogens (tertiary/aromatic N) is 2. The molecular weight excluding hydrogens is 248 g/mol. The number of fused-ring (bicyclic) bond motifs is 1. The predicted octanol–water partition coefficient (Wildman–Crippen LogP) is 3.98. The number of aromatic nitrogens is 1. The van der Waals surface area contributed by atoms with Crippen molar-refractivity contribution < 1.29 is 5.11 Å². The van der Waals surface area contributed by atoms with Gasteiger partial charge in [0.2, 0.25) is 0 Å². The summed E-state index contributed by atoms with van der Waals surface area (Å²) in [5, 5.41) is 11.6. The third-order valence-electron chi connectivity index (χ3n) is 3.93. The van der Waals surface area contributed by atoms with Crippen molar-refractivity contribution in [3.05, 3.63) is 36.0 Å². The summed E-state index contributed by atoms with van der Waals surface area (Å²) >= 11 is 0. The Balaban J connectivity index is 2.56. The van der Waals surface area contributed by atoms with Crippen molar-refractivity contribution in [2.75, 3.05) is 13.1 Å². The van der Waals surface area contributed by atoms with Crippen LogP contribution in [-0.4, -0.2) is 28.1 Å². The van der Waals surface area contributed by atoms with Gasteiger partial charge < -0.3 is 5.11 Å². The highest BCUT2D eigenvalue weighted by Crippen LogP contribution is 2.37. The fourth-order valence-electron chi connectivity index (χ4n) is 2.98. The summed E-state index contributed by atoms with van der Waals surface area (Å²) in [6.07, 6.45) is 1.73. The van der Waals surface area contributed by atoms with E-state index in [9.17, 15) is 5.11 Å². The van der Waals surface area contributed by atoms with Gasteiger partial charge in [-0.2, -0.15) is 0 Å². The average molecular weight is 272 g/mol. The molecule has 0 spiro atoms. The monoisotopic (exact) mass is 272 g/mol. The topological polar surface area (TPSA) is 36.4 Å². The highest BCUT2D eigenvalue weighted by Gasteiger charge is 2.25. The van der Waals surface area contributed by atoms with E-state index < -0.39 is 0 Å². The number of hydrogen-bond acceptors (Lipinski definition) is 3. The van der Waals surface area contributed by atoms with Crippen LogP contribution in [-0.2, 0) is 0 Å². The first-order valence-electron chi connectivity index (χ1n) is 7.40. The molecule has 0 bridgehead atoms. The molecule has 0 aliphatic rings. The minimum absolute atomic E-state index is 0.219. The van der Waals surface area contributed by atoms with Crippen LogP contribution in [0.4, 0.5) is 0 Å². The van der Waals surface area contributed by atoms with Gasteiger partial charge in [0.05, 0.1) is 0 Å². The standard InChI is InChI=1S/C17H24N2O/c1-5-19(6-2)16(12(3)4)14-10-9-13-8-7-11-18-15(13)17(14)20/h7-12,16,20H,5-6H2,1-4H3/t16-/m1/s1. The molecule has 2 aromatic rings. The summed E-state index contributed by atoms with van der Waals surface area (Å²) in [7, 11) is 0. The molecule has 108 valence electrons. The van der Waals surface area contributed by atoms with Crippen molar-refractivity contribution in [1.29, 1.82) is 0 Å². The zero-order valence-electron chi connectivity index (χ0n) is 12.8. The quantitative estimate of drug-likeness (QED) is 0.894. The maximum absolute atomic E-state index is 10.6. The Morgan fingerprint density at radius 3 is 2.45 bits per heavy atom. The van der Waals surface area contributed by atoms with E-state index in [4.69, 9.17) is 0 Å². The molecule has 0 aliphatic heterocycles. The SMILES string of the molecule is CCN(CC)[C@@H](c1ccc2cccnc2c1O)C(C)C. The summed E-state index contributed by atoms with van der Waals surface area (Å²) in [5.74, 6) is 0.760. The number of pyridine rings is 1. The molecule has 0 unspecified atom stereocenters. The van der Waals surface area contributed by atoms with E-state index in [2.05, 4.69) is 43.6 Å². The molecule has 20 heavy (non-hydrogen) atoms. The average Bonchev–Trinajstić information content (AvgIpc) is 2.46. The van der Waals surface area contributed by atoms with Crippen LogP contribution in [0.5, 0.6) is 5.75 Å². The van der Waals surface area contributed by atoms with E-state index in [-0.39, 0.29) is 6.04 Å². The molecule has 3 heteroatoms. The molecule has 0 radical (unpaired) electrons. The van der Waals surface area contributed by atoms with Crippen LogP contribution < -0.4 is 0 Å². The van der Waals surface area contributed by atoms with E-state index in [1.807, 2.05) is 18.2 Å². The molecule has 1 N–H and O–H groups in total. The van der Waals surface area contributed by atoms with Gasteiger partial charge in [-0.3, -0.25) is 9.88 Å². The molecule has 3 nitrogen and oxygen atoms in total. The maximum Gasteiger partial charge on any atom is 0.146 e. The summed E-state index contributed by atoms with van der Waals surface area (Å²) in [5.41, 5.74) is 1.68. The second-order valence-electron chi connectivity index (χ2n) is 5.49. The van der Waals surface area contributed by atoms with E-state index in [1.54, 1.807) is 6.20 Å². The van der Waals surface area contributed by atoms with Crippen LogP contribution in [0.3, 0.4) is 0 Å². The van der Waals surface area contributed by atoms with Gasteiger partial charge in [-0.05, 0) is 25.1 Å². The smallest absolute Gasteiger partial charge is 0.146 e. The first kappa shape index (κ1) is 14.8. The lowest BCUT2D eigenvalue weighted by molar-refractivity contribution is 0.169. The van der Waals surface area contributed by atoms with Crippen molar-refractivity contribution in [3.63, 3.8) is 0 Å². The lowest BCUT2D eigenvalue weighted by Crippen LogP contribution is -2.31. The molecule has 0 saturated heterocycles. The third-order valence-corrected chi connectivity index (χ3v) is 3.93. The molecule has 2 rings (SSSR count). The van der Waals surface area contributed by atoms with Gasteiger partial charge in [-0.15, -0.1) is 0 Å². The van der Waals surface area contributed by atoms with Gasteiger partial charge in [-0.25, -0.2) is 0 Å². The first-order chi connectivity index (χ1) is 9.60. The van der Waals surface area contributed by atoms with Gasteiger partial charge in [0.1, 0.15) is 11.3 Å². The normalized spacial score (nSPS) is 13.3. The Morgan fingerprint density at radius 1 is 1.15 bits per heavy atom. The van der Waals surface area contributed by atoms with Crippen molar-refractivity contribution in [2.24, 2.45) is 5.92 Å². The van der Waals surface area contributed by atoms with Crippen LogP contribution in [0.2, 0.25) is 0 Å². The van der Waals surface area contributed by atoms with Crippen LogP contribution >= 0.6 is 0 Å². The molecule has 0 amide bonds. The Bertz CT molecular complexity index is 576.